The summed E-state index contributed by atoms with van der Waals surface area (Å²) in [5.41, 5.74) is 3.15. The molecule has 0 aliphatic heterocycles. The maximum Gasteiger partial charge on any atom is 0.272 e. The average Bonchev–Trinajstić information content (AvgIpc) is 2.62. The van der Waals surface area contributed by atoms with Crippen molar-refractivity contribution in [3.8, 4) is 0 Å². The van der Waals surface area contributed by atoms with Crippen molar-refractivity contribution in [3.63, 3.8) is 0 Å². The molecular formula is C23H29N3O2. The number of carbonyl (C=O) groups is 2. The Morgan fingerprint density at radius 1 is 0.964 bits per heavy atom. The standard InChI is InChI=1S/C23H29N3O2/c1-16-9-7-8-10-19(16)24-21(27)20(25-22(28)23(2,3)4)15-17-11-13-18(14-12-17)26(5)6/h7-15H,1-6H3,(H,24,27)(H,25,28)/b20-15+. The number of anilines is 2. The highest BCUT2D eigenvalue weighted by Crippen LogP contribution is 2.19. The Balaban J connectivity index is 2.34. The van der Waals surface area contributed by atoms with Gasteiger partial charge in [-0.1, -0.05) is 51.1 Å². The first-order chi connectivity index (χ1) is 13.1. The van der Waals surface area contributed by atoms with Crippen LogP contribution in [0.3, 0.4) is 0 Å². The molecule has 2 N–H and O–H groups in total. The smallest absolute Gasteiger partial charge is 0.272 e. The van der Waals surface area contributed by atoms with Crippen LogP contribution in [0.15, 0.2) is 54.2 Å². The summed E-state index contributed by atoms with van der Waals surface area (Å²) in [7, 11) is 3.94. The van der Waals surface area contributed by atoms with Crippen molar-refractivity contribution in [2.24, 2.45) is 5.41 Å². The van der Waals surface area contributed by atoms with E-state index in [1.54, 1.807) is 6.08 Å². The first kappa shape index (κ1) is 21.2. The first-order valence-electron chi connectivity index (χ1n) is 9.25. The predicted molar refractivity (Wildman–Crippen MR) is 116 cm³/mol. The number of carbonyl (C=O) groups excluding carboxylic acids is 2. The number of nitrogens with one attached hydrogen (secondary N) is 2. The van der Waals surface area contributed by atoms with E-state index in [4.69, 9.17) is 0 Å². The molecule has 5 heteroatoms. The zero-order valence-corrected chi connectivity index (χ0v) is 17.5. The molecule has 0 bridgehead atoms. The normalized spacial score (nSPS) is 11.7. The van der Waals surface area contributed by atoms with Gasteiger partial charge in [-0.2, -0.15) is 0 Å². The Hall–Kier alpha value is -3.08. The summed E-state index contributed by atoms with van der Waals surface area (Å²) < 4.78 is 0. The van der Waals surface area contributed by atoms with Gasteiger partial charge in [0.15, 0.2) is 0 Å². The van der Waals surface area contributed by atoms with Gasteiger partial charge in [-0.05, 0) is 42.3 Å². The summed E-state index contributed by atoms with van der Waals surface area (Å²) in [6.45, 7) is 7.36. The van der Waals surface area contributed by atoms with Crippen molar-refractivity contribution < 1.29 is 9.59 Å². The fourth-order valence-electron chi connectivity index (χ4n) is 2.41. The lowest BCUT2D eigenvalue weighted by Gasteiger charge is -2.19. The van der Waals surface area contributed by atoms with Gasteiger partial charge in [0.1, 0.15) is 5.70 Å². The number of benzene rings is 2. The summed E-state index contributed by atoms with van der Waals surface area (Å²) in [6, 6.07) is 15.3. The SMILES string of the molecule is Cc1ccccc1NC(=O)/C(=C\c1ccc(N(C)C)cc1)NC(=O)C(C)(C)C. The molecule has 5 nitrogen and oxygen atoms in total. The van der Waals surface area contributed by atoms with Crippen molar-refractivity contribution in [2.75, 3.05) is 24.3 Å². The minimum Gasteiger partial charge on any atom is -0.378 e. The molecule has 0 saturated carbocycles. The molecule has 0 fully saturated rings. The van der Waals surface area contributed by atoms with Crippen LogP contribution in [0.2, 0.25) is 0 Å². The summed E-state index contributed by atoms with van der Waals surface area (Å²) >= 11 is 0. The van der Waals surface area contributed by atoms with Gasteiger partial charge in [0, 0.05) is 30.9 Å². The van der Waals surface area contributed by atoms with Gasteiger partial charge in [-0.3, -0.25) is 9.59 Å². The summed E-state index contributed by atoms with van der Waals surface area (Å²) in [5, 5.41) is 5.67. The quantitative estimate of drug-likeness (QED) is 0.765. The second-order valence-corrected chi connectivity index (χ2v) is 8.02. The molecule has 0 saturated heterocycles. The molecule has 2 aromatic carbocycles. The molecule has 0 unspecified atom stereocenters. The lowest BCUT2D eigenvalue weighted by atomic mass is 9.95. The highest BCUT2D eigenvalue weighted by molar-refractivity contribution is 6.09. The molecule has 2 amide bonds. The fourth-order valence-corrected chi connectivity index (χ4v) is 2.41. The van der Waals surface area contributed by atoms with E-state index in [0.29, 0.717) is 5.69 Å². The van der Waals surface area contributed by atoms with Gasteiger partial charge < -0.3 is 15.5 Å². The van der Waals surface area contributed by atoms with E-state index >= 15 is 0 Å². The van der Waals surface area contributed by atoms with Crippen LogP contribution in [0.4, 0.5) is 11.4 Å². The molecule has 0 aromatic heterocycles. The molecule has 2 aromatic rings. The van der Waals surface area contributed by atoms with E-state index in [-0.39, 0.29) is 17.5 Å². The van der Waals surface area contributed by atoms with Gasteiger partial charge in [0.2, 0.25) is 5.91 Å². The van der Waals surface area contributed by atoms with Gasteiger partial charge >= 0.3 is 0 Å². The third-order valence-electron chi connectivity index (χ3n) is 4.29. The van der Waals surface area contributed by atoms with Crippen LogP contribution in [0, 0.1) is 12.3 Å². The fraction of sp³-hybridized carbons (Fsp3) is 0.304. The Morgan fingerprint density at radius 2 is 1.57 bits per heavy atom. The monoisotopic (exact) mass is 379 g/mol. The van der Waals surface area contributed by atoms with E-state index in [1.165, 1.54) is 0 Å². The highest BCUT2D eigenvalue weighted by Gasteiger charge is 2.24. The number of hydrogen-bond acceptors (Lipinski definition) is 3. The van der Waals surface area contributed by atoms with Gasteiger partial charge in [-0.25, -0.2) is 0 Å². The van der Waals surface area contributed by atoms with E-state index in [9.17, 15) is 9.59 Å². The molecule has 2 rings (SSSR count). The molecule has 148 valence electrons. The Bertz CT molecular complexity index is 875. The van der Waals surface area contributed by atoms with Crippen LogP contribution < -0.4 is 15.5 Å². The molecule has 28 heavy (non-hydrogen) atoms. The average molecular weight is 380 g/mol. The van der Waals surface area contributed by atoms with Gasteiger partial charge in [0.05, 0.1) is 0 Å². The third kappa shape index (κ3) is 5.71. The van der Waals surface area contributed by atoms with Crippen molar-refractivity contribution in [3.05, 3.63) is 65.4 Å². The number of amides is 2. The van der Waals surface area contributed by atoms with E-state index < -0.39 is 5.41 Å². The van der Waals surface area contributed by atoms with E-state index in [0.717, 1.165) is 16.8 Å². The van der Waals surface area contributed by atoms with Crippen LogP contribution in [-0.4, -0.2) is 25.9 Å². The van der Waals surface area contributed by atoms with Crippen molar-refractivity contribution in [2.45, 2.75) is 27.7 Å². The number of nitrogens with zero attached hydrogens (tertiary/aromatic N) is 1. The minimum atomic E-state index is -0.614. The van der Waals surface area contributed by atoms with Crippen LogP contribution in [0.1, 0.15) is 31.9 Å². The number of hydrogen-bond donors (Lipinski definition) is 2. The first-order valence-corrected chi connectivity index (χ1v) is 9.25. The Morgan fingerprint density at radius 3 is 2.11 bits per heavy atom. The third-order valence-corrected chi connectivity index (χ3v) is 4.29. The van der Waals surface area contributed by atoms with Crippen LogP contribution in [-0.2, 0) is 9.59 Å². The molecule has 0 radical (unpaired) electrons. The number of rotatable bonds is 5. The summed E-state index contributed by atoms with van der Waals surface area (Å²) in [6.07, 6.45) is 1.69. The van der Waals surface area contributed by atoms with Crippen molar-refractivity contribution in [1.82, 2.24) is 5.32 Å². The minimum absolute atomic E-state index is 0.209. The summed E-state index contributed by atoms with van der Waals surface area (Å²) in [5.74, 6) is -0.577. The van der Waals surface area contributed by atoms with Crippen LogP contribution in [0.25, 0.3) is 6.08 Å². The number of para-hydroxylation sites is 1. The molecule has 0 spiro atoms. The van der Waals surface area contributed by atoms with Crippen molar-refractivity contribution >= 4 is 29.3 Å². The number of aryl methyl sites for hydroxylation is 1. The second-order valence-electron chi connectivity index (χ2n) is 8.02. The lowest BCUT2D eigenvalue weighted by molar-refractivity contribution is -0.128. The molecule has 0 aliphatic rings. The predicted octanol–water partition coefficient (Wildman–Crippen LogP) is 4.20. The van der Waals surface area contributed by atoms with E-state index in [1.807, 2.05) is 95.2 Å². The molecular weight excluding hydrogens is 350 g/mol. The summed E-state index contributed by atoms with van der Waals surface area (Å²) in [4.78, 5) is 27.4. The highest BCUT2D eigenvalue weighted by atomic mass is 16.2. The molecule has 0 aliphatic carbocycles. The maximum atomic E-state index is 12.9. The Kier molecular flexibility index (Phi) is 6.62. The topological polar surface area (TPSA) is 61.4 Å². The second kappa shape index (κ2) is 8.74. The van der Waals surface area contributed by atoms with Crippen LogP contribution in [0.5, 0.6) is 0 Å². The zero-order chi connectivity index (χ0) is 20.9. The van der Waals surface area contributed by atoms with Gasteiger partial charge in [0.25, 0.3) is 5.91 Å². The zero-order valence-electron chi connectivity index (χ0n) is 17.5. The van der Waals surface area contributed by atoms with Gasteiger partial charge in [-0.15, -0.1) is 0 Å². The molecule has 0 atom stereocenters. The van der Waals surface area contributed by atoms with E-state index in [2.05, 4.69) is 10.6 Å². The van der Waals surface area contributed by atoms with Crippen LogP contribution >= 0.6 is 0 Å². The molecule has 0 heterocycles. The largest absolute Gasteiger partial charge is 0.378 e. The van der Waals surface area contributed by atoms with Crippen molar-refractivity contribution in [1.29, 1.82) is 0 Å². The lowest BCUT2D eigenvalue weighted by Crippen LogP contribution is -2.38. The maximum absolute atomic E-state index is 12.9. The Labute approximate surface area is 167 Å².